The van der Waals surface area contributed by atoms with E-state index in [1.54, 1.807) is 0 Å². The molecule has 2 rings (SSSR count). The standard InChI is InChI=1S/C14H20N2OS/c1-11-2-4-13(5-3-11)16-14(17)10-15-12-6-8-18-9-7-12/h2-5,12,15H,6-10H2,1H3,(H,16,17). The number of nitrogens with one attached hydrogen (secondary N) is 2. The predicted octanol–water partition coefficient (Wildman–Crippen LogP) is 2.42. The number of anilines is 1. The Morgan fingerprint density at radius 2 is 1.94 bits per heavy atom. The molecule has 0 radical (unpaired) electrons. The summed E-state index contributed by atoms with van der Waals surface area (Å²) in [4.78, 5) is 11.8. The topological polar surface area (TPSA) is 41.1 Å². The third-order valence-corrected chi connectivity index (χ3v) is 4.16. The van der Waals surface area contributed by atoms with Crippen molar-refractivity contribution in [3.63, 3.8) is 0 Å². The van der Waals surface area contributed by atoms with Gasteiger partial charge in [-0.2, -0.15) is 11.8 Å². The highest BCUT2D eigenvalue weighted by molar-refractivity contribution is 7.99. The maximum Gasteiger partial charge on any atom is 0.238 e. The van der Waals surface area contributed by atoms with E-state index < -0.39 is 0 Å². The molecule has 1 fully saturated rings. The highest BCUT2D eigenvalue weighted by Gasteiger charge is 2.14. The van der Waals surface area contributed by atoms with Crippen molar-refractivity contribution in [3.05, 3.63) is 29.8 Å². The molecule has 1 aromatic rings. The molecule has 0 atom stereocenters. The number of rotatable bonds is 4. The van der Waals surface area contributed by atoms with Gasteiger partial charge < -0.3 is 10.6 Å². The lowest BCUT2D eigenvalue weighted by Gasteiger charge is -2.22. The third-order valence-electron chi connectivity index (χ3n) is 3.11. The minimum Gasteiger partial charge on any atom is -0.325 e. The number of carbonyl (C=O) groups is 1. The summed E-state index contributed by atoms with van der Waals surface area (Å²) in [6.45, 7) is 2.44. The fraction of sp³-hybridized carbons (Fsp3) is 0.500. The number of hydrogen-bond donors (Lipinski definition) is 2. The number of benzene rings is 1. The van der Waals surface area contributed by atoms with E-state index in [-0.39, 0.29) is 5.91 Å². The molecule has 0 unspecified atom stereocenters. The fourth-order valence-corrected chi connectivity index (χ4v) is 3.09. The Labute approximate surface area is 113 Å². The van der Waals surface area contributed by atoms with Gasteiger partial charge in [0.05, 0.1) is 6.54 Å². The monoisotopic (exact) mass is 264 g/mol. The molecule has 18 heavy (non-hydrogen) atoms. The van der Waals surface area contributed by atoms with E-state index in [0.29, 0.717) is 12.6 Å². The molecular weight excluding hydrogens is 244 g/mol. The zero-order valence-corrected chi connectivity index (χ0v) is 11.6. The van der Waals surface area contributed by atoms with Crippen LogP contribution in [0.3, 0.4) is 0 Å². The van der Waals surface area contributed by atoms with Crippen LogP contribution in [0.2, 0.25) is 0 Å². The first-order valence-corrected chi connectivity index (χ1v) is 7.57. The molecule has 0 spiro atoms. The number of carbonyl (C=O) groups excluding carboxylic acids is 1. The molecular formula is C14H20N2OS. The van der Waals surface area contributed by atoms with Crippen LogP contribution in [0.5, 0.6) is 0 Å². The summed E-state index contributed by atoms with van der Waals surface area (Å²) in [6, 6.07) is 8.38. The van der Waals surface area contributed by atoms with Crippen LogP contribution < -0.4 is 10.6 Å². The van der Waals surface area contributed by atoms with E-state index in [0.717, 1.165) is 5.69 Å². The van der Waals surface area contributed by atoms with Gasteiger partial charge in [0, 0.05) is 11.7 Å². The van der Waals surface area contributed by atoms with Crippen molar-refractivity contribution in [2.45, 2.75) is 25.8 Å². The van der Waals surface area contributed by atoms with Gasteiger partial charge in [-0.3, -0.25) is 4.79 Å². The van der Waals surface area contributed by atoms with E-state index >= 15 is 0 Å². The van der Waals surface area contributed by atoms with Gasteiger partial charge in [-0.1, -0.05) is 17.7 Å². The highest BCUT2D eigenvalue weighted by Crippen LogP contribution is 2.16. The maximum absolute atomic E-state index is 11.8. The molecule has 0 saturated carbocycles. The van der Waals surface area contributed by atoms with Gasteiger partial charge in [0.2, 0.25) is 5.91 Å². The first-order valence-electron chi connectivity index (χ1n) is 6.42. The molecule has 0 aromatic heterocycles. The fourth-order valence-electron chi connectivity index (χ4n) is 1.98. The second-order valence-electron chi connectivity index (χ2n) is 4.68. The molecule has 0 bridgehead atoms. The Morgan fingerprint density at radius 1 is 1.28 bits per heavy atom. The lowest BCUT2D eigenvalue weighted by atomic mass is 10.1. The first-order chi connectivity index (χ1) is 8.74. The van der Waals surface area contributed by atoms with Crippen molar-refractivity contribution in [2.75, 3.05) is 23.4 Å². The largest absolute Gasteiger partial charge is 0.325 e. The van der Waals surface area contributed by atoms with Gasteiger partial charge in [-0.25, -0.2) is 0 Å². The average molecular weight is 264 g/mol. The van der Waals surface area contributed by atoms with E-state index in [9.17, 15) is 4.79 Å². The smallest absolute Gasteiger partial charge is 0.238 e. The van der Waals surface area contributed by atoms with Gasteiger partial charge in [-0.15, -0.1) is 0 Å². The van der Waals surface area contributed by atoms with Gasteiger partial charge >= 0.3 is 0 Å². The van der Waals surface area contributed by atoms with Gasteiger partial charge in [0.1, 0.15) is 0 Å². The molecule has 2 N–H and O–H groups in total. The van der Waals surface area contributed by atoms with Crippen LogP contribution in [-0.2, 0) is 4.79 Å². The lowest BCUT2D eigenvalue weighted by molar-refractivity contribution is -0.115. The highest BCUT2D eigenvalue weighted by atomic mass is 32.2. The summed E-state index contributed by atoms with van der Waals surface area (Å²) >= 11 is 2.00. The van der Waals surface area contributed by atoms with Crippen LogP contribution >= 0.6 is 11.8 Å². The molecule has 98 valence electrons. The van der Waals surface area contributed by atoms with Gasteiger partial charge in [0.25, 0.3) is 0 Å². The maximum atomic E-state index is 11.8. The molecule has 1 aliphatic rings. The van der Waals surface area contributed by atoms with Crippen molar-refractivity contribution < 1.29 is 4.79 Å². The second kappa shape index (κ2) is 6.81. The van der Waals surface area contributed by atoms with E-state index in [2.05, 4.69) is 10.6 Å². The van der Waals surface area contributed by atoms with Crippen LogP contribution in [0.15, 0.2) is 24.3 Å². The SMILES string of the molecule is Cc1ccc(NC(=O)CNC2CCSCC2)cc1. The molecule has 3 nitrogen and oxygen atoms in total. The van der Waals surface area contributed by atoms with Crippen LogP contribution in [0.4, 0.5) is 5.69 Å². The predicted molar refractivity (Wildman–Crippen MR) is 78.2 cm³/mol. The quantitative estimate of drug-likeness (QED) is 0.877. The molecule has 4 heteroatoms. The second-order valence-corrected chi connectivity index (χ2v) is 5.91. The van der Waals surface area contributed by atoms with Crippen molar-refractivity contribution in [3.8, 4) is 0 Å². The lowest BCUT2D eigenvalue weighted by Crippen LogP contribution is -2.38. The van der Waals surface area contributed by atoms with E-state index in [1.165, 1.54) is 29.9 Å². The van der Waals surface area contributed by atoms with Crippen LogP contribution in [-0.4, -0.2) is 30.0 Å². The van der Waals surface area contributed by atoms with Gasteiger partial charge in [0.15, 0.2) is 0 Å². The summed E-state index contributed by atoms with van der Waals surface area (Å²) in [6.07, 6.45) is 2.34. The zero-order chi connectivity index (χ0) is 12.8. The normalized spacial score (nSPS) is 16.5. The molecule has 0 aliphatic carbocycles. The Bertz CT molecular complexity index is 385. The number of hydrogen-bond acceptors (Lipinski definition) is 3. The van der Waals surface area contributed by atoms with Crippen molar-refractivity contribution in [2.24, 2.45) is 0 Å². The van der Waals surface area contributed by atoms with Gasteiger partial charge in [-0.05, 0) is 43.4 Å². The molecule has 1 saturated heterocycles. The average Bonchev–Trinajstić information content (AvgIpc) is 2.40. The molecule has 1 aliphatic heterocycles. The number of aryl methyl sites for hydroxylation is 1. The first kappa shape index (κ1) is 13.4. The summed E-state index contributed by atoms with van der Waals surface area (Å²) in [7, 11) is 0. The summed E-state index contributed by atoms with van der Waals surface area (Å²) in [5.41, 5.74) is 2.07. The molecule has 1 amide bonds. The Morgan fingerprint density at radius 3 is 2.61 bits per heavy atom. The minimum absolute atomic E-state index is 0.0390. The summed E-state index contributed by atoms with van der Waals surface area (Å²) in [5.74, 6) is 2.45. The summed E-state index contributed by atoms with van der Waals surface area (Å²) in [5, 5.41) is 6.23. The van der Waals surface area contributed by atoms with Crippen molar-refractivity contribution in [1.29, 1.82) is 0 Å². The number of amides is 1. The van der Waals surface area contributed by atoms with E-state index in [4.69, 9.17) is 0 Å². The Hall–Kier alpha value is -1.00. The molecule has 1 aromatic carbocycles. The Kier molecular flexibility index (Phi) is 5.08. The third kappa shape index (κ3) is 4.35. The van der Waals surface area contributed by atoms with Crippen LogP contribution in [0.1, 0.15) is 18.4 Å². The Balaban J connectivity index is 1.73. The summed E-state index contributed by atoms with van der Waals surface area (Å²) < 4.78 is 0. The number of thioether (sulfide) groups is 1. The zero-order valence-electron chi connectivity index (χ0n) is 10.7. The minimum atomic E-state index is 0.0390. The van der Waals surface area contributed by atoms with Crippen LogP contribution in [0, 0.1) is 6.92 Å². The van der Waals surface area contributed by atoms with Crippen molar-refractivity contribution in [1.82, 2.24) is 5.32 Å². The van der Waals surface area contributed by atoms with Crippen LogP contribution in [0.25, 0.3) is 0 Å². The van der Waals surface area contributed by atoms with Crippen molar-refractivity contribution >= 4 is 23.4 Å². The molecule has 1 heterocycles. The van der Waals surface area contributed by atoms with E-state index in [1.807, 2.05) is 43.0 Å².